The van der Waals surface area contributed by atoms with E-state index in [4.69, 9.17) is 0 Å². The minimum Gasteiger partial charge on any atom is -0.353 e. The molecule has 0 saturated heterocycles. The van der Waals surface area contributed by atoms with Gasteiger partial charge in [0.2, 0.25) is 0 Å². The number of thiophene rings is 1. The summed E-state index contributed by atoms with van der Waals surface area (Å²) in [5.74, 6) is -0.0425. The molecule has 1 amide bonds. The number of carbonyl (C=O) groups excluding carboxylic acids is 1. The minimum absolute atomic E-state index is 0.0425. The molecule has 2 N–H and O–H groups in total. The Labute approximate surface area is 154 Å². The van der Waals surface area contributed by atoms with Gasteiger partial charge in [0.15, 0.2) is 0 Å². The molecule has 0 bridgehead atoms. The molecule has 0 fully saturated rings. The number of benzene rings is 1. The number of anilines is 1. The molecule has 8 heteroatoms. The molecule has 2 aliphatic rings. The standard InChI is InChI=1S/C18H18N4O3S/c1-21-9-8-13-14(10-21)26-18-16(13)17(23)19-15(20-18)7-4-11-2-5-12(6-3-11)22(24)25/h2-7,15,20H,8-10H2,1H3,(H,19,23)/b7-4+/t15-/m0/s1. The average molecular weight is 370 g/mol. The van der Waals surface area contributed by atoms with Gasteiger partial charge in [-0.3, -0.25) is 14.9 Å². The third-order valence-corrected chi connectivity index (χ3v) is 5.78. The molecule has 0 unspecified atom stereocenters. The van der Waals surface area contributed by atoms with Gasteiger partial charge >= 0.3 is 0 Å². The summed E-state index contributed by atoms with van der Waals surface area (Å²) >= 11 is 1.65. The van der Waals surface area contributed by atoms with Crippen molar-refractivity contribution in [2.24, 2.45) is 0 Å². The van der Waals surface area contributed by atoms with Crippen LogP contribution in [0.3, 0.4) is 0 Å². The lowest BCUT2D eigenvalue weighted by Crippen LogP contribution is -2.43. The zero-order valence-corrected chi connectivity index (χ0v) is 15.0. The second-order valence-corrected chi connectivity index (χ2v) is 7.60. The molecule has 1 atom stereocenters. The maximum atomic E-state index is 12.6. The number of nitro groups is 1. The number of likely N-dealkylation sites (N-methyl/N-ethyl adjacent to an activating group) is 1. The second-order valence-electron chi connectivity index (χ2n) is 6.50. The van der Waals surface area contributed by atoms with Gasteiger partial charge in [-0.2, -0.15) is 0 Å². The smallest absolute Gasteiger partial charge is 0.269 e. The largest absolute Gasteiger partial charge is 0.353 e. The Hall–Kier alpha value is -2.71. The van der Waals surface area contributed by atoms with Crippen LogP contribution in [0.1, 0.15) is 26.4 Å². The van der Waals surface area contributed by atoms with Crippen LogP contribution in [-0.2, 0) is 13.0 Å². The first kappa shape index (κ1) is 16.7. The van der Waals surface area contributed by atoms with E-state index in [-0.39, 0.29) is 17.8 Å². The van der Waals surface area contributed by atoms with E-state index < -0.39 is 4.92 Å². The first-order valence-corrected chi connectivity index (χ1v) is 9.16. The number of hydrogen-bond donors (Lipinski definition) is 2. The highest BCUT2D eigenvalue weighted by atomic mass is 32.1. The molecular weight excluding hydrogens is 352 g/mol. The number of fused-ring (bicyclic) bond motifs is 3. The van der Waals surface area contributed by atoms with Crippen molar-refractivity contribution < 1.29 is 9.72 Å². The lowest BCUT2D eigenvalue weighted by molar-refractivity contribution is -0.384. The third-order valence-electron chi connectivity index (χ3n) is 4.63. The van der Waals surface area contributed by atoms with Gasteiger partial charge < -0.3 is 15.5 Å². The lowest BCUT2D eigenvalue weighted by Gasteiger charge is -2.25. The summed E-state index contributed by atoms with van der Waals surface area (Å²) in [6.07, 6.45) is 4.29. The maximum Gasteiger partial charge on any atom is 0.269 e. The molecule has 0 aliphatic carbocycles. The van der Waals surface area contributed by atoms with E-state index in [0.29, 0.717) is 0 Å². The van der Waals surface area contributed by atoms with Crippen molar-refractivity contribution in [3.05, 3.63) is 62.0 Å². The summed E-state index contributed by atoms with van der Waals surface area (Å²) in [6.45, 7) is 1.85. The van der Waals surface area contributed by atoms with Crippen LogP contribution in [0.5, 0.6) is 0 Å². The van der Waals surface area contributed by atoms with E-state index in [1.54, 1.807) is 23.5 Å². The molecule has 1 aromatic heterocycles. The quantitative estimate of drug-likeness (QED) is 0.641. The highest BCUT2D eigenvalue weighted by molar-refractivity contribution is 7.16. The van der Waals surface area contributed by atoms with Crippen molar-refractivity contribution in [2.75, 3.05) is 18.9 Å². The molecule has 4 rings (SSSR count). The molecule has 0 radical (unpaired) electrons. The van der Waals surface area contributed by atoms with Gasteiger partial charge in [-0.05, 0) is 42.8 Å². The van der Waals surface area contributed by atoms with Crippen molar-refractivity contribution in [3.63, 3.8) is 0 Å². The van der Waals surface area contributed by atoms with E-state index in [2.05, 4.69) is 22.6 Å². The van der Waals surface area contributed by atoms with Gasteiger partial charge in [0, 0.05) is 30.1 Å². The number of nitro benzene ring substituents is 1. The number of rotatable bonds is 3. The van der Waals surface area contributed by atoms with E-state index in [9.17, 15) is 14.9 Å². The number of hydrogen-bond acceptors (Lipinski definition) is 6. The van der Waals surface area contributed by atoms with Gasteiger partial charge in [-0.1, -0.05) is 6.08 Å². The fraction of sp³-hybridized carbons (Fsp3) is 0.278. The van der Waals surface area contributed by atoms with Crippen LogP contribution in [0.2, 0.25) is 0 Å². The predicted molar refractivity (Wildman–Crippen MR) is 101 cm³/mol. The molecule has 2 aliphatic heterocycles. The van der Waals surface area contributed by atoms with Gasteiger partial charge in [-0.25, -0.2) is 0 Å². The number of nitrogens with zero attached hydrogens (tertiary/aromatic N) is 2. The van der Waals surface area contributed by atoms with E-state index in [1.807, 2.05) is 12.2 Å². The summed E-state index contributed by atoms with van der Waals surface area (Å²) in [7, 11) is 2.09. The van der Waals surface area contributed by atoms with Gasteiger partial charge in [-0.15, -0.1) is 11.3 Å². The average Bonchev–Trinajstić information content (AvgIpc) is 2.98. The highest BCUT2D eigenvalue weighted by Crippen LogP contribution is 2.38. The number of non-ortho nitro benzene ring substituents is 1. The summed E-state index contributed by atoms with van der Waals surface area (Å²) in [5, 5.41) is 18.0. The fourth-order valence-electron chi connectivity index (χ4n) is 3.27. The Morgan fingerprint density at radius 1 is 1.31 bits per heavy atom. The number of carbonyl (C=O) groups is 1. The fourth-order valence-corrected chi connectivity index (χ4v) is 4.64. The molecule has 26 heavy (non-hydrogen) atoms. The Kier molecular flexibility index (Phi) is 4.21. The van der Waals surface area contributed by atoms with Crippen LogP contribution in [0.4, 0.5) is 10.7 Å². The van der Waals surface area contributed by atoms with Crippen LogP contribution >= 0.6 is 11.3 Å². The van der Waals surface area contributed by atoms with E-state index in [0.717, 1.165) is 35.6 Å². The van der Waals surface area contributed by atoms with Crippen LogP contribution in [0.25, 0.3) is 6.08 Å². The predicted octanol–water partition coefficient (Wildman–Crippen LogP) is 2.84. The van der Waals surface area contributed by atoms with Crippen molar-refractivity contribution in [3.8, 4) is 0 Å². The molecule has 2 aromatic rings. The van der Waals surface area contributed by atoms with Gasteiger partial charge in [0.05, 0.1) is 10.5 Å². The Morgan fingerprint density at radius 3 is 2.81 bits per heavy atom. The van der Waals surface area contributed by atoms with Crippen molar-refractivity contribution >= 4 is 34.0 Å². The monoisotopic (exact) mass is 370 g/mol. The Bertz CT molecular complexity index is 904. The van der Waals surface area contributed by atoms with Crippen molar-refractivity contribution in [2.45, 2.75) is 19.1 Å². The van der Waals surface area contributed by atoms with Crippen molar-refractivity contribution in [1.82, 2.24) is 10.2 Å². The normalized spacial score (nSPS) is 19.6. The molecule has 0 spiro atoms. The molecule has 0 saturated carbocycles. The van der Waals surface area contributed by atoms with Gasteiger partial charge in [0.25, 0.3) is 11.6 Å². The zero-order valence-electron chi connectivity index (χ0n) is 14.2. The lowest BCUT2D eigenvalue weighted by atomic mass is 10.0. The SMILES string of the molecule is CN1CCc2c(sc3c2C(=O)N[C@H](/C=C/c2ccc([N+](=O)[O-])cc2)N3)C1. The number of nitrogens with one attached hydrogen (secondary N) is 2. The molecule has 7 nitrogen and oxygen atoms in total. The topological polar surface area (TPSA) is 87.5 Å². The van der Waals surface area contributed by atoms with Crippen LogP contribution in [-0.4, -0.2) is 35.5 Å². The molecule has 1 aromatic carbocycles. The zero-order chi connectivity index (χ0) is 18.3. The summed E-state index contributed by atoms with van der Waals surface area (Å²) in [5.41, 5.74) is 2.86. The van der Waals surface area contributed by atoms with Gasteiger partial charge in [0.1, 0.15) is 11.2 Å². The Balaban J connectivity index is 1.52. The summed E-state index contributed by atoms with van der Waals surface area (Å²) in [4.78, 5) is 26.4. The minimum atomic E-state index is -0.423. The second kappa shape index (κ2) is 6.54. The Morgan fingerprint density at radius 2 is 2.08 bits per heavy atom. The maximum absolute atomic E-state index is 12.6. The summed E-state index contributed by atoms with van der Waals surface area (Å²) < 4.78 is 0. The van der Waals surface area contributed by atoms with Crippen LogP contribution in [0.15, 0.2) is 30.3 Å². The number of amides is 1. The van der Waals surface area contributed by atoms with Crippen molar-refractivity contribution in [1.29, 1.82) is 0 Å². The van der Waals surface area contributed by atoms with Crippen LogP contribution < -0.4 is 10.6 Å². The molecular formula is C18H18N4O3S. The third kappa shape index (κ3) is 3.09. The molecule has 3 heterocycles. The first-order chi connectivity index (χ1) is 12.5. The van der Waals surface area contributed by atoms with Crippen LogP contribution in [0, 0.1) is 10.1 Å². The first-order valence-electron chi connectivity index (χ1n) is 8.34. The highest BCUT2D eigenvalue weighted by Gasteiger charge is 2.31. The molecule has 134 valence electrons. The van der Waals surface area contributed by atoms with E-state index >= 15 is 0 Å². The van der Waals surface area contributed by atoms with E-state index in [1.165, 1.54) is 22.6 Å². The summed E-state index contributed by atoms with van der Waals surface area (Å²) in [6, 6.07) is 6.30.